The second-order valence-corrected chi connectivity index (χ2v) is 19.5. The summed E-state index contributed by atoms with van der Waals surface area (Å²) in [5.74, 6) is 0.0670. The molecule has 6 heteroatoms. The topological polar surface area (TPSA) is 78.9 Å². The summed E-state index contributed by atoms with van der Waals surface area (Å²) in [5.41, 5.74) is 0. The minimum absolute atomic E-state index is 0.0623. The summed E-state index contributed by atoms with van der Waals surface area (Å²) in [6.45, 7) is 9.07. The number of esters is 3. The molecule has 368 valence electrons. The van der Waals surface area contributed by atoms with Crippen molar-refractivity contribution in [3.05, 3.63) is 0 Å². The second-order valence-electron chi connectivity index (χ2n) is 19.5. The molecule has 0 aromatic carbocycles. The first kappa shape index (κ1) is 60.4. The summed E-state index contributed by atoms with van der Waals surface area (Å²) in [5, 5.41) is 0. The van der Waals surface area contributed by atoms with Gasteiger partial charge in [-0.1, -0.05) is 278 Å². The number of hydrogen-bond donors (Lipinski definition) is 0. The van der Waals surface area contributed by atoms with Gasteiger partial charge in [-0.2, -0.15) is 0 Å². The van der Waals surface area contributed by atoms with Crippen molar-refractivity contribution in [2.75, 3.05) is 13.2 Å². The molecule has 2 atom stereocenters. The van der Waals surface area contributed by atoms with Crippen molar-refractivity contribution in [1.29, 1.82) is 0 Å². The average Bonchev–Trinajstić information content (AvgIpc) is 3.27. The Morgan fingerprint density at radius 1 is 0.323 bits per heavy atom. The van der Waals surface area contributed by atoms with Crippen molar-refractivity contribution in [3.63, 3.8) is 0 Å². The highest BCUT2D eigenvalue weighted by Crippen LogP contribution is 2.18. The first-order chi connectivity index (χ1) is 30.4. The van der Waals surface area contributed by atoms with E-state index in [9.17, 15) is 14.4 Å². The van der Waals surface area contributed by atoms with E-state index in [0.29, 0.717) is 19.3 Å². The minimum atomic E-state index is -0.760. The van der Waals surface area contributed by atoms with Crippen LogP contribution in [0, 0.1) is 5.92 Å². The van der Waals surface area contributed by atoms with Crippen LogP contribution >= 0.6 is 0 Å². The van der Waals surface area contributed by atoms with Gasteiger partial charge in [-0.15, -0.1) is 0 Å². The van der Waals surface area contributed by atoms with Crippen LogP contribution in [0.2, 0.25) is 0 Å². The maximum Gasteiger partial charge on any atom is 0.306 e. The third-order valence-corrected chi connectivity index (χ3v) is 13.2. The summed E-state index contributed by atoms with van der Waals surface area (Å²) in [6, 6.07) is 0. The quantitative estimate of drug-likeness (QED) is 0.0344. The molecule has 0 aliphatic heterocycles. The fourth-order valence-electron chi connectivity index (χ4n) is 8.54. The van der Waals surface area contributed by atoms with E-state index >= 15 is 0 Å². The van der Waals surface area contributed by atoms with Gasteiger partial charge < -0.3 is 14.2 Å². The smallest absolute Gasteiger partial charge is 0.306 e. The number of rotatable bonds is 51. The molecule has 6 nitrogen and oxygen atoms in total. The molecule has 62 heavy (non-hydrogen) atoms. The predicted molar refractivity (Wildman–Crippen MR) is 266 cm³/mol. The fraction of sp³-hybridized carbons (Fsp3) is 0.946. The molecule has 0 radical (unpaired) electrons. The first-order valence-electron chi connectivity index (χ1n) is 27.9. The molecule has 0 heterocycles. The molecule has 0 spiro atoms. The zero-order valence-corrected chi connectivity index (χ0v) is 42.3. The Kier molecular flexibility index (Phi) is 49.1. The first-order valence-corrected chi connectivity index (χ1v) is 27.9. The van der Waals surface area contributed by atoms with Crippen LogP contribution in [0.25, 0.3) is 0 Å². The highest BCUT2D eigenvalue weighted by molar-refractivity contribution is 5.71. The van der Waals surface area contributed by atoms with Gasteiger partial charge in [0.25, 0.3) is 0 Å². The van der Waals surface area contributed by atoms with Crippen molar-refractivity contribution in [2.24, 2.45) is 5.92 Å². The van der Waals surface area contributed by atoms with Crippen LogP contribution in [0.1, 0.15) is 317 Å². The number of unbranched alkanes of at least 4 members (excludes halogenated alkanes) is 37. The molecule has 0 saturated heterocycles. The Bertz CT molecular complexity index is 935. The van der Waals surface area contributed by atoms with Gasteiger partial charge in [0.05, 0.1) is 0 Å². The zero-order chi connectivity index (χ0) is 45.2. The lowest BCUT2D eigenvalue weighted by atomic mass is 9.99. The summed E-state index contributed by atoms with van der Waals surface area (Å²) < 4.78 is 16.8. The van der Waals surface area contributed by atoms with Crippen LogP contribution in [-0.2, 0) is 28.6 Å². The van der Waals surface area contributed by atoms with Crippen LogP contribution < -0.4 is 0 Å². The monoisotopic (exact) mass is 877 g/mol. The summed E-state index contributed by atoms with van der Waals surface area (Å²) in [7, 11) is 0. The third kappa shape index (κ3) is 47.9. The molecular weight excluding hydrogens is 769 g/mol. The Balaban J connectivity index is 4.18. The number of ether oxygens (including phenoxy) is 3. The molecule has 0 aliphatic rings. The minimum Gasteiger partial charge on any atom is -0.462 e. The van der Waals surface area contributed by atoms with Crippen molar-refractivity contribution in [3.8, 4) is 0 Å². The molecule has 0 fully saturated rings. The van der Waals surface area contributed by atoms with Gasteiger partial charge in [-0.3, -0.25) is 14.4 Å². The SMILES string of the molecule is CCCCCCCCCCCCCCCC(=O)OC[C@@H](COC(=O)CCCCCCCCCCC)OC(=O)CCCCCCCCCCCCCCCCCCCCC(C)CC. The molecule has 0 aromatic heterocycles. The maximum atomic E-state index is 12.8. The van der Waals surface area contributed by atoms with Crippen LogP contribution in [0.3, 0.4) is 0 Å². The van der Waals surface area contributed by atoms with Gasteiger partial charge in [0.1, 0.15) is 13.2 Å². The van der Waals surface area contributed by atoms with Gasteiger partial charge in [0.2, 0.25) is 0 Å². The van der Waals surface area contributed by atoms with Gasteiger partial charge in [0, 0.05) is 19.3 Å². The highest BCUT2D eigenvalue weighted by atomic mass is 16.6. The Morgan fingerprint density at radius 3 is 0.839 bits per heavy atom. The molecule has 0 aliphatic carbocycles. The van der Waals surface area contributed by atoms with Gasteiger partial charge in [-0.05, 0) is 25.2 Å². The molecular formula is C56H108O6. The summed E-state index contributed by atoms with van der Waals surface area (Å²) in [6.07, 6.45) is 53.8. The van der Waals surface area contributed by atoms with E-state index in [1.165, 1.54) is 212 Å². The average molecular weight is 877 g/mol. The number of carbonyl (C=O) groups excluding carboxylic acids is 3. The number of carbonyl (C=O) groups is 3. The lowest BCUT2D eigenvalue weighted by Gasteiger charge is -2.18. The third-order valence-electron chi connectivity index (χ3n) is 13.2. The van der Waals surface area contributed by atoms with E-state index < -0.39 is 6.10 Å². The van der Waals surface area contributed by atoms with E-state index in [0.717, 1.165) is 63.7 Å². The van der Waals surface area contributed by atoms with Crippen molar-refractivity contribution in [2.45, 2.75) is 323 Å². The van der Waals surface area contributed by atoms with E-state index in [2.05, 4.69) is 27.7 Å². The van der Waals surface area contributed by atoms with Gasteiger partial charge in [-0.25, -0.2) is 0 Å². The maximum absolute atomic E-state index is 12.8. The van der Waals surface area contributed by atoms with E-state index in [1.54, 1.807) is 0 Å². The van der Waals surface area contributed by atoms with Crippen molar-refractivity contribution < 1.29 is 28.6 Å². The van der Waals surface area contributed by atoms with Crippen LogP contribution in [-0.4, -0.2) is 37.2 Å². The van der Waals surface area contributed by atoms with Crippen LogP contribution in [0.15, 0.2) is 0 Å². The number of hydrogen-bond acceptors (Lipinski definition) is 6. The van der Waals surface area contributed by atoms with Crippen LogP contribution in [0.5, 0.6) is 0 Å². The largest absolute Gasteiger partial charge is 0.462 e. The Morgan fingerprint density at radius 2 is 0.565 bits per heavy atom. The lowest BCUT2D eigenvalue weighted by Crippen LogP contribution is -2.30. The second kappa shape index (κ2) is 50.4. The Hall–Kier alpha value is -1.59. The Labute approximate surface area is 387 Å². The van der Waals surface area contributed by atoms with E-state index in [-0.39, 0.29) is 31.1 Å². The van der Waals surface area contributed by atoms with Crippen molar-refractivity contribution >= 4 is 17.9 Å². The van der Waals surface area contributed by atoms with Crippen LogP contribution in [0.4, 0.5) is 0 Å². The van der Waals surface area contributed by atoms with E-state index in [1.807, 2.05) is 0 Å². The highest BCUT2D eigenvalue weighted by Gasteiger charge is 2.19. The molecule has 0 N–H and O–H groups in total. The fourth-order valence-corrected chi connectivity index (χ4v) is 8.54. The standard InChI is InChI=1S/C56H108O6/c1-5-8-10-12-14-16-17-24-28-32-36-40-44-48-55(58)61-51-53(50-60-54(57)47-43-39-35-30-15-13-11-9-6-2)62-56(59)49-45-41-37-33-29-26-23-21-19-18-20-22-25-27-31-34-38-42-46-52(4)7-3/h52-53H,5-51H2,1-4H3/t52?,53-/m1/s1. The van der Waals surface area contributed by atoms with Gasteiger partial charge in [0.15, 0.2) is 6.10 Å². The molecule has 0 saturated carbocycles. The summed E-state index contributed by atoms with van der Waals surface area (Å²) in [4.78, 5) is 37.9. The summed E-state index contributed by atoms with van der Waals surface area (Å²) >= 11 is 0. The van der Waals surface area contributed by atoms with Gasteiger partial charge >= 0.3 is 17.9 Å². The molecule has 1 unspecified atom stereocenters. The zero-order valence-electron chi connectivity index (χ0n) is 42.3. The van der Waals surface area contributed by atoms with E-state index in [4.69, 9.17) is 14.2 Å². The lowest BCUT2D eigenvalue weighted by molar-refractivity contribution is -0.167. The predicted octanol–water partition coefficient (Wildman–Crippen LogP) is 18.2. The normalized spacial score (nSPS) is 12.4. The molecule has 0 bridgehead atoms. The molecule has 0 rings (SSSR count). The van der Waals surface area contributed by atoms with Crippen molar-refractivity contribution in [1.82, 2.24) is 0 Å². The molecule has 0 aromatic rings. The molecule has 0 amide bonds.